The predicted octanol–water partition coefficient (Wildman–Crippen LogP) is 1.88. The number of carbonyl (C=O) groups excluding carboxylic acids is 2. The lowest BCUT2D eigenvalue weighted by atomic mass is 9.89. The maximum Gasteiger partial charge on any atom is 0.167 e. The number of Topliss-reactive ketones (excluding diaryl/α,β-unsaturated/α-hetero) is 2. The van der Waals surface area contributed by atoms with Gasteiger partial charge in [0.25, 0.3) is 0 Å². The van der Waals surface area contributed by atoms with Crippen LogP contribution in [0.4, 0.5) is 8.78 Å². The van der Waals surface area contributed by atoms with E-state index >= 15 is 0 Å². The Morgan fingerprint density at radius 2 is 0.975 bits per heavy atom. The van der Waals surface area contributed by atoms with Gasteiger partial charge in [0.05, 0.1) is 26.4 Å². The van der Waals surface area contributed by atoms with Crippen LogP contribution in [0.15, 0.2) is 48.5 Å². The zero-order chi connectivity index (χ0) is 27.5. The molecule has 0 aliphatic carbocycles. The van der Waals surface area contributed by atoms with Crippen molar-refractivity contribution in [3.05, 3.63) is 71.3 Å². The number of carbonyl (C=O) groups is 2. The molecule has 2 heterocycles. The molecule has 0 bridgehead atoms. The molecular formula is C31H40ClF2N2O4-. The van der Waals surface area contributed by atoms with Gasteiger partial charge in [-0.3, -0.25) is 19.4 Å². The highest BCUT2D eigenvalue weighted by Crippen LogP contribution is 2.22. The topological polar surface area (TPSA) is 59.1 Å². The molecule has 0 amide bonds. The van der Waals surface area contributed by atoms with Gasteiger partial charge in [0.15, 0.2) is 11.6 Å². The number of unbranched alkanes of at least 4 members (excludes halogenated alkanes) is 2. The Bertz CT molecular complexity index is 959. The van der Waals surface area contributed by atoms with Crippen molar-refractivity contribution in [1.29, 1.82) is 0 Å². The monoisotopic (exact) mass is 577 g/mol. The fourth-order valence-electron chi connectivity index (χ4n) is 5.46. The van der Waals surface area contributed by atoms with Gasteiger partial charge < -0.3 is 21.9 Å². The zero-order valence-electron chi connectivity index (χ0n) is 23.0. The first-order chi connectivity index (χ1) is 19.0. The van der Waals surface area contributed by atoms with Gasteiger partial charge in [-0.15, -0.1) is 0 Å². The van der Waals surface area contributed by atoms with Gasteiger partial charge in [0, 0.05) is 62.2 Å². The average molecular weight is 578 g/mol. The van der Waals surface area contributed by atoms with E-state index < -0.39 is 0 Å². The number of rotatable bonds is 14. The van der Waals surface area contributed by atoms with Gasteiger partial charge in [-0.2, -0.15) is 0 Å². The van der Waals surface area contributed by atoms with Crippen molar-refractivity contribution < 1.29 is 40.3 Å². The Balaban J connectivity index is 0.00000441. The van der Waals surface area contributed by atoms with Gasteiger partial charge >= 0.3 is 0 Å². The fraction of sp³-hybridized carbons (Fsp3) is 0.548. The number of morpholine rings is 2. The molecule has 2 unspecified atom stereocenters. The van der Waals surface area contributed by atoms with E-state index in [-0.39, 0.29) is 47.4 Å². The largest absolute Gasteiger partial charge is 1.00 e. The Hall–Kier alpha value is -2.23. The summed E-state index contributed by atoms with van der Waals surface area (Å²) in [6.07, 6.45) is 4.14. The lowest BCUT2D eigenvalue weighted by Crippen LogP contribution is -3.00. The highest BCUT2D eigenvalue weighted by atomic mass is 35.5. The molecule has 2 aromatic rings. The lowest BCUT2D eigenvalue weighted by Gasteiger charge is -2.30. The summed E-state index contributed by atoms with van der Waals surface area (Å²) in [5.74, 6) is -0.926. The van der Waals surface area contributed by atoms with Gasteiger partial charge in [-0.05, 0) is 61.4 Å². The smallest absolute Gasteiger partial charge is 0.167 e. The highest BCUT2D eigenvalue weighted by molar-refractivity contribution is 5.98. The van der Waals surface area contributed by atoms with Crippen molar-refractivity contribution in [3.63, 3.8) is 0 Å². The van der Waals surface area contributed by atoms with Crippen LogP contribution >= 0.6 is 0 Å². The molecule has 0 N–H and O–H groups in total. The molecule has 2 aromatic carbocycles. The van der Waals surface area contributed by atoms with Crippen LogP contribution in [0.3, 0.4) is 0 Å². The lowest BCUT2D eigenvalue weighted by molar-refractivity contribution is -0.0000261. The van der Waals surface area contributed by atoms with E-state index in [4.69, 9.17) is 9.47 Å². The summed E-state index contributed by atoms with van der Waals surface area (Å²) in [7, 11) is 0. The second kappa shape index (κ2) is 16.9. The van der Waals surface area contributed by atoms with Crippen LogP contribution in [0, 0.1) is 23.5 Å². The molecule has 0 aromatic heterocycles. The average Bonchev–Trinajstić information content (AvgIpc) is 2.97. The normalized spacial score (nSPS) is 18.1. The standard InChI is InChI=1S/C31H40F2N2O4.ClH/c32-28-10-6-24(7-11-28)30(36)26(22-34-14-18-38-19-15-34)4-2-1-3-5-27(23-35-16-20-39-21-17-35)31(37)25-8-12-29(33)13-9-25;/h6-13,26-27H,1-5,14-23H2;1H/p-1. The summed E-state index contributed by atoms with van der Waals surface area (Å²) in [6, 6.07) is 11.6. The molecule has 0 spiro atoms. The number of benzene rings is 2. The summed E-state index contributed by atoms with van der Waals surface area (Å²) >= 11 is 0. The summed E-state index contributed by atoms with van der Waals surface area (Å²) in [4.78, 5) is 31.2. The molecule has 2 fully saturated rings. The van der Waals surface area contributed by atoms with Crippen LogP contribution in [-0.4, -0.2) is 87.1 Å². The van der Waals surface area contributed by atoms with Crippen LogP contribution in [0.5, 0.6) is 0 Å². The van der Waals surface area contributed by atoms with E-state index in [0.29, 0.717) is 50.6 Å². The molecule has 2 aliphatic heterocycles. The third-order valence-electron chi connectivity index (χ3n) is 7.77. The quantitative estimate of drug-likeness (QED) is 0.252. The summed E-state index contributed by atoms with van der Waals surface area (Å²) < 4.78 is 37.8. The second-order valence-electron chi connectivity index (χ2n) is 10.6. The second-order valence-corrected chi connectivity index (χ2v) is 10.6. The maximum absolute atomic E-state index is 13.4. The molecule has 6 nitrogen and oxygen atoms in total. The Labute approximate surface area is 242 Å². The molecule has 40 heavy (non-hydrogen) atoms. The third kappa shape index (κ3) is 10.00. The number of hydrogen-bond acceptors (Lipinski definition) is 6. The van der Waals surface area contributed by atoms with Crippen LogP contribution in [-0.2, 0) is 9.47 Å². The highest BCUT2D eigenvalue weighted by Gasteiger charge is 2.26. The van der Waals surface area contributed by atoms with Crippen LogP contribution < -0.4 is 12.4 Å². The van der Waals surface area contributed by atoms with Crippen molar-refractivity contribution in [1.82, 2.24) is 9.80 Å². The number of nitrogens with zero attached hydrogens (tertiary/aromatic N) is 2. The molecular weight excluding hydrogens is 538 g/mol. The van der Waals surface area contributed by atoms with Crippen molar-refractivity contribution in [2.45, 2.75) is 32.1 Å². The van der Waals surface area contributed by atoms with Crippen LogP contribution in [0.1, 0.15) is 52.8 Å². The summed E-state index contributed by atoms with van der Waals surface area (Å²) in [5, 5.41) is 0. The molecule has 220 valence electrons. The SMILES string of the molecule is O=C(c1ccc(F)cc1)C(CCCCCC(CN1CCOCC1)C(=O)c1ccc(F)cc1)CN1CCOCC1.[Cl-]. The Kier molecular flexibility index (Phi) is 13.6. The molecule has 4 rings (SSSR count). The molecule has 2 atom stereocenters. The number of hydrogen-bond donors (Lipinski definition) is 0. The van der Waals surface area contributed by atoms with E-state index in [9.17, 15) is 18.4 Å². The molecule has 2 aliphatic rings. The van der Waals surface area contributed by atoms with Crippen LogP contribution in [0.25, 0.3) is 0 Å². The Morgan fingerprint density at radius 1 is 0.625 bits per heavy atom. The van der Waals surface area contributed by atoms with E-state index in [1.54, 1.807) is 24.3 Å². The van der Waals surface area contributed by atoms with Crippen LogP contribution in [0.2, 0.25) is 0 Å². The summed E-state index contributed by atoms with van der Waals surface area (Å²) in [6.45, 7) is 7.25. The zero-order valence-corrected chi connectivity index (χ0v) is 23.8. The number of halogens is 3. The van der Waals surface area contributed by atoms with Crippen molar-refractivity contribution in [2.75, 3.05) is 65.7 Å². The minimum Gasteiger partial charge on any atom is -1.00 e. The molecule has 0 radical (unpaired) electrons. The van der Waals surface area contributed by atoms with Crippen molar-refractivity contribution >= 4 is 11.6 Å². The first-order valence-electron chi connectivity index (χ1n) is 14.2. The minimum absolute atomic E-state index is 0. The summed E-state index contributed by atoms with van der Waals surface area (Å²) in [5.41, 5.74) is 1.09. The first kappa shape index (κ1) is 32.3. The molecule has 9 heteroatoms. The van der Waals surface area contributed by atoms with E-state index in [2.05, 4.69) is 9.80 Å². The molecule has 0 saturated carbocycles. The van der Waals surface area contributed by atoms with Gasteiger partial charge in [-0.1, -0.05) is 19.3 Å². The van der Waals surface area contributed by atoms with E-state index in [0.717, 1.165) is 58.3 Å². The van der Waals surface area contributed by atoms with Gasteiger partial charge in [0.1, 0.15) is 11.6 Å². The number of ketones is 2. The fourth-order valence-corrected chi connectivity index (χ4v) is 5.46. The Morgan fingerprint density at radius 3 is 1.32 bits per heavy atom. The minimum atomic E-state index is -0.349. The van der Waals surface area contributed by atoms with Gasteiger partial charge in [0.2, 0.25) is 0 Å². The van der Waals surface area contributed by atoms with E-state index in [1.807, 2.05) is 0 Å². The maximum atomic E-state index is 13.4. The van der Waals surface area contributed by atoms with Crippen molar-refractivity contribution in [2.24, 2.45) is 11.8 Å². The van der Waals surface area contributed by atoms with E-state index in [1.165, 1.54) is 24.3 Å². The predicted molar refractivity (Wildman–Crippen MR) is 146 cm³/mol. The van der Waals surface area contributed by atoms with Crippen molar-refractivity contribution in [3.8, 4) is 0 Å². The third-order valence-corrected chi connectivity index (χ3v) is 7.77. The molecule has 2 saturated heterocycles. The number of ether oxygens (including phenoxy) is 2. The van der Waals surface area contributed by atoms with Gasteiger partial charge in [-0.25, -0.2) is 8.78 Å². The first-order valence-corrected chi connectivity index (χ1v) is 14.2.